The first-order chi connectivity index (χ1) is 10.8. The fraction of sp³-hybridized carbons (Fsp3) is 0.667. The van der Waals surface area contributed by atoms with E-state index in [-0.39, 0.29) is 0 Å². The van der Waals surface area contributed by atoms with Gasteiger partial charge in [0.2, 0.25) is 5.65 Å². The third-order valence-corrected chi connectivity index (χ3v) is 4.73. The minimum Gasteiger partial charge on any atom is -0.380 e. The largest absolute Gasteiger partial charge is 0.380 e. The highest BCUT2D eigenvalue weighted by molar-refractivity contribution is 5.63. The molecule has 0 radical (unpaired) electrons. The quantitative estimate of drug-likeness (QED) is 0.815. The fourth-order valence-electron chi connectivity index (χ4n) is 3.48. The van der Waals surface area contributed by atoms with Gasteiger partial charge < -0.3 is 9.64 Å². The van der Waals surface area contributed by atoms with E-state index in [2.05, 4.69) is 25.0 Å². The van der Waals surface area contributed by atoms with Crippen LogP contribution in [-0.2, 0) is 4.74 Å². The number of nitrogens with zero attached hydrogens (tertiary/aromatic N) is 6. The van der Waals surface area contributed by atoms with E-state index in [9.17, 15) is 0 Å². The van der Waals surface area contributed by atoms with Crippen molar-refractivity contribution in [3.8, 4) is 0 Å². The molecule has 0 bridgehead atoms. The molecule has 4 rings (SSSR count). The zero-order valence-corrected chi connectivity index (χ0v) is 13.0. The van der Waals surface area contributed by atoms with Gasteiger partial charge in [-0.1, -0.05) is 0 Å². The van der Waals surface area contributed by atoms with Crippen molar-refractivity contribution in [2.45, 2.75) is 25.8 Å². The third kappa shape index (κ3) is 2.44. The van der Waals surface area contributed by atoms with Crippen LogP contribution >= 0.6 is 0 Å². The number of hydrogen-bond donors (Lipinski definition) is 0. The van der Waals surface area contributed by atoms with Crippen molar-refractivity contribution < 1.29 is 4.74 Å². The summed E-state index contributed by atoms with van der Waals surface area (Å²) in [5.74, 6) is 1.85. The lowest BCUT2D eigenvalue weighted by Crippen LogP contribution is -2.38. The summed E-state index contributed by atoms with van der Waals surface area (Å²) in [6.45, 7) is 7.96. The van der Waals surface area contributed by atoms with Crippen LogP contribution in [0.2, 0.25) is 0 Å². The summed E-state index contributed by atoms with van der Waals surface area (Å²) in [5.41, 5.74) is 0.859. The van der Waals surface area contributed by atoms with Gasteiger partial charge in [0.15, 0.2) is 5.82 Å². The van der Waals surface area contributed by atoms with Crippen LogP contribution in [0.5, 0.6) is 0 Å². The Balaban J connectivity index is 1.55. The molecule has 7 heteroatoms. The van der Waals surface area contributed by atoms with Crippen LogP contribution in [0.1, 0.15) is 18.7 Å². The minimum atomic E-state index is 0.596. The monoisotopic (exact) mass is 302 g/mol. The van der Waals surface area contributed by atoms with Gasteiger partial charge in [0.25, 0.3) is 0 Å². The molecule has 7 nitrogen and oxygen atoms in total. The fourth-order valence-corrected chi connectivity index (χ4v) is 3.48. The molecule has 1 unspecified atom stereocenters. The smallest absolute Gasteiger partial charge is 0.203 e. The molecular weight excluding hydrogens is 280 g/mol. The lowest BCUT2D eigenvalue weighted by atomic mass is 10.2. The number of hydrogen-bond acceptors (Lipinski definition) is 6. The highest BCUT2D eigenvalue weighted by Gasteiger charge is 2.26. The number of anilines is 1. The second-order valence-corrected chi connectivity index (χ2v) is 6.09. The van der Waals surface area contributed by atoms with Crippen LogP contribution in [0.25, 0.3) is 5.65 Å². The van der Waals surface area contributed by atoms with Gasteiger partial charge in [0.1, 0.15) is 5.82 Å². The normalized spacial score (nSPS) is 24.0. The van der Waals surface area contributed by atoms with Crippen molar-refractivity contribution in [2.24, 2.45) is 0 Å². The van der Waals surface area contributed by atoms with E-state index in [1.807, 2.05) is 23.7 Å². The molecule has 118 valence electrons. The van der Waals surface area contributed by atoms with Crippen molar-refractivity contribution in [3.63, 3.8) is 0 Å². The van der Waals surface area contributed by atoms with Gasteiger partial charge in [-0.3, -0.25) is 9.30 Å². The Morgan fingerprint density at radius 2 is 2.14 bits per heavy atom. The maximum absolute atomic E-state index is 5.53. The Kier molecular flexibility index (Phi) is 3.67. The van der Waals surface area contributed by atoms with Gasteiger partial charge in [-0.2, -0.15) is 0 Å². The zero-order valence-electron chi connectivity index (χ0n) is 13.0. The van der Waals surface area contributed by atoms with Crippen LogP contribution in [0.15, 0.2) is 12.4 Å². The molecule has 4 heterocycles. The summed E-state index contributed by atoms with van der Waals surface area (Å²) in [7, 11) is 0. The maximum Gasteiger partial charge on any atom is 0.203 e. The van der Waals surface area contributed by atoms with Gasteiger partial charge >= 0.3 is 0 Å². The van der Waals surface area contributed by atoms with Crippen LogP contribution in [0.4, 0.5) is 5.82 Å². The number of rotatable bonds is 2. The Bertz CT molecular complexity index is 651. The van der Waals surface area contributed by atoms with E-state index >= 15 is 0 Å². The Hall–Kier alpha value is -1.73. The summed E-state index contributed by atoms with van der Waals surface area (Å²) < 4.78 is 7.54. The SMILES string of the molecule is Cc1nnc2c(N3CCCN(C4CCOC4)CC3)nccn12. The second-order valence-electron chi connectivity index (χ2n) is 6.09. The molecule has 2 fully saturated rings. The van der Waals surface area contributed by atoms with Gasteiger partial charge in [-0.05, 0) is 19.8 Å². The number of aromatic nitrogens is 4. The minimum absolute atomic E-state index is 0.596. The summed E-state index contributed by atoms with van der Waals surface area (Å²) in [6.07, 6.45) is 6.07. The van der Waals surface area contributed by atoms with E-state index in [1.165, 1.54) is 0 Å². The first-order valence-electron chi connectivity index (χ1n) is 8.06. The highest BCUT2D eigenvalue weighted by atomic mass is 16.5. The van der Waals surface area contributed by atoms with Crippen LogP contribution < -0.4 is 4.90 Å². The molecule has 2 aliphatic rings. The maximum atomic E-state index is 5.53. The van der Waals surface area contributed by atoms with Gasteiger partial charge in [0.05, 0.1) is 6.61 Å². The van der Waals surface area contributed by atoms with E-state index in [0.29, 0.717) is 6.04 Å². The number of ether oxygens (including phenoxy) is 1. The Morgan fingerprint density at radius 3 is 3.00 bits per heavy atom. The molecule has 22 heavy (non-hydrogen) atoms. The average molecular weight is 302 g/mol. The van der Waals surface area contributed by atoms with E-state index in [4.69, 9.17) is 4.74 Å². The Labute approximate surface area is 129 Å². The second kappa shape index (κ2) is 5.81. The standard InChI is InChI=1S/C15H22N6O/c1-12-17-18-15-14(16-4-7-21(12)15)20-6-2-5-19(8-9-20)13-3-10-22-11-13/h4,7,13H,2-3,5-6,8-11H2,1H3. The molecule has 0 spiro atoms. The first-order valence-corrected chi connectivity index (χ1v) is 8.06. The van der Waals surface area contributed by atoms with E-state index < -0.39 is 0 Å². The topological polar surface area (TPSA) is 58.8 Å². The highest BCUT2D eigenvalue weighted by Crippen LogP contribution is 2.21. The molecule has 0 saturated carbocycles. The first kappa shape index (κ1) is 13.9. The molecule has 0 N–H and O–H groups in total. The predicted molar refractivity (Wildman–Crippen MR) is 83.1 cm³/mol. The van der Waals surface area contributed by atoms with Gasteiger partial charge in [-0.25, -0.2) is 4.98 Å². The molecule has 0 aliphatic carbocycles. The van der Waals surface area contributed by atoms with Crippen LogP contribution in [-0.4, -0.2) is 69.9 Å². The number of fused-ring (bicyclic) bond motifs is 1. The third-order valence-electron chi connectivity index (χ3n) is 4.73. The molecule has 2 saturated heterocycles. The Morgan fingerprint density at radius 1 is 1.18 bits per heavy atom. The van der Waals surface area contributed by atoms with Crippen molar-refractivity contribution in [1.29, 1.82) is 0 Å². The van der Waals surface area contributed by atoms with Crippen molar-refractivity contribution >= 4 is 11.5 Å². The van der Waals surface area contributed by atoms with Crippen molar-refractivity contribution in [2.75, 3.05) is 44.3 Å². The van der Waals surface area contributed by atoms with Crippen LogP contribution in [0.3, 0.4) is 0 Å². The summed E-state index contributed by atoms with van der Waals surface area (Å²) in [5, 5.41) is 8.47. The molecular formula is C15H22N6O. The average Bonchev–Trinajstić information content (AvgIpc) is 3.13. The molecule has 1 atom stereocenters. The summed E-state index contributed by atoms with van der Waals surface area (Å²) >= 11 is 0. The van der Waals surface area contributed by atoms with Gasteiger partial charge in [0, 0.05) is 51.2 Å². The van der Waals surface area contributed by atoms with Crippen LogP contribution in [0, 0.1) is 6.92 Å². The van der Waals surface area contributed by atoms with E-state index in [0.717, 1.165) is 69.5 Å². The molecule has 0 amide bonds. The lowest BCUT2D eigenvalue weighted by Gasteiger charge is -2.26. The lowest BCUT2D eigenvalue weighted by molar-refractivity contribution is 0.148. The molecule has 0 aromatic carbocycles. The van der Waals surface area contributed by atoms with Crippen molar-refractivity contribution in [1.82, 2.24) is 24.5 Å². The molecule has 2 aliphatic heterocycles. The summed E-state index contributed by atoms with van der Waals surface area (Å²) in [6, 6.07) is 0.596. The molecule has 2 aromatic rings. The van der Waals surface area contributed by atoms with Crippen molar-refractivity contribution in [3.05, 3.63) is 18.2 Å². The van der Waals surface area contributed by atoms with E-state index in [1.54, 1.807) is 0 Å². The number of aryl methyl sites for hydroxylation is 1. The molecule has 2 aromatic heterocycles. The predicted octanol–water partition coefficient (Wildman–Crippen LogP) is 0.734. The van der Waals surface area contributed by atoms with Gasteiger partial charge in [-0.15, -0.1) is 10.2 Å². The summed E-state index contributed by atoms with van der Waals surface area (Å²) in [4.78, 5) is 9.49. The zero-order chi connectivity index (χ0) is 14.9.